The first-order valence-corrected chi connectivity index (χ1v) is 12.6. The van der Waals surface area contributed by atoms with E-state index in [0.717, 1.165) is 38.9 Å². The maximum atomic E-state index is 11.3. The average molecular weight is 507 g/mol. The van der Waals surface area contributed by atoms with E-state index < -0.39 is 5.97 Å². The molecule has 170 valence electrons. The summed E-state index contributed by atoms with van der Waals surface area (Å²) in [6, 6.07) is 31.9. The zero-order valence-electron chi connectivity index (χ0n) is 18.3. The van der Waals surface area contributed by atoms with Gasteiger partial charge in [-0.3, -0.25) is 0 Å². The van der Waals surface area contributed by atoms with E-state index >= 15 is 0 Å². The molecule has 0 saturated heterocycles. The van der Waals surface area contributed by atoms with E-state index in [1.165, 1.54) is 4.88 Å². The number of anilines is 1. The Morgan fingerprint density at radius 2 is 1.46 bits per heavy atom. The van der Waals surface area contributed by atoms with Gasteiger partial charge in [0, 0.05) is 17.0 Å². The van der Waals surface area contributed by atoms with Gasteiger partial charge in [0.25, 0.3) is 0 Å². The number of hydrogen-bond donors (Lipinski definition) is 1. The number of thiophene rings is 1. The number of rotatable bonds is 8. The Labute approximate surface area is 234 Å². The van der Waals surface area contributed by atoms with E-state index in [1.54, 1.807) is 34.8 Å². The van der Waals surface area contributed by atoms with Gasteiger partial charge >= 0.3 is 35.5 Å². The van der Waals surface area contributed by atoms with Crippen molar-refractivity contribution in [2.45, 2.75) is 13.1 Å². The van der Waals surface area contributed by atoms with Gasteiger partial charge in [-0.2, -0.15) is 0 Å². The number of thiazole rings is 1. The average Bonchev–Trinajstić information content (AvgIpc) is 3.55. The van der Waals surface area contributed by atoms with E-state index in [2.05, 4.69) is 58.8 Å². The second kappa shape index (κ2) is 11.8. The predicted molar refractivity (Wildman–Crippen MR) is 148 cm³/mol. The van der Waals surface area contributed by atoms with Crippen molar-refractivity contribution in [3.63, 3.8) is 0 Å². The third kappa shape index (κ3) is 6.10. The number of aromatic nitrogens is 1. The standard InChI is InChI=1S/C28H22N2O2S2.Na.H/c31-27(32)23-15-13-20(14-16-23)18-30(19-24-12-7-17-33-24)28-29-25(21-8-3-1-4-9-21)26(34-28)22-10-5-2-6-11-22;;/h1-17H,18-19H2,(H,31,32);;. The van der Waals surface area contributed by atoms with Crippen molar-refractivity contribution in [2.75, 3.05) is 4.90 Å². The van der Waals surface area contributed by atoms with E-state index in [0.29, 0.717) is 12.1 Å². The Hall–Kier alpha value is -2.74. The van der Waals surface area contributed by atoms with Crippen molar-refractivity contribution in [2.24, 2.45) is 0 Å². The number of carboxylic acids is 1. The molecule has 3 aromatic carbocycles. The van der Waals surface area contributed by atoms with Crippen LogP contribution < -0.4 is 4.90 Å². The number of carboxylic acid groups (broad SMARTS) is 1. The van der Waals surface area contributed by atoms with Gasteiger partial charge in [-0.1, -0.05) is 90.2 Å². The monoisotopic (exact) mass is 506 g/mol. The fourth-order valence-electron chi connectivity index (χ4n) is 3.78. The van der Waals surface area contributed by atoms with Crippen LogP contribution in [0, 0.1) is 0 Å². The summed E-state index contributed by atoms with van der Waals surface area (Å²) in [7, 11) is 0. The molecule has 7 heteroatoms. The predicted octanol–water partition coefficient (Wildman–Crippen LogP) is 6.80. The molecular weight excluding hydrogens is 483 g/mol. The number of aromatic carboxylic acids is 1. The van der Waals surface area contributed by atoms with Crippen LogP contribution in [0.25, 0.3) is 21.7 Å². The van der Waals surface area contributed by atoms with Crippen LogP contribution in [0.2, 0.25) is 0 Å². The molecule has 1 N–H and O–H groups in total. The molecule has 0 radical (unpaired) electrons. The Kier molecular flexibility index (Phi) is 8.55. The van der Waals surface area contributed by atoms with Crippen LogP contribution in [0.5, 0.6) is 0 Å². The van der Waals surface area contributed by atoms with Gasteiger partial charge < -0.3 is 10.0 Å². The molecule has 5 rings (SSSR count). The van der Waals surface area contributed by atoms with Crippen LogP contribution >= 0.6 is 22.7 Å². The zero-order chi connectivity index (χ0) is 23.3. The fourth-order valence-corrected chi connectivity index (χ4v) is 5.59. The maximum absolute atomic E-state index is 11.3. The molecule has 2 aromatic heterocycles. The molecule has 0 unspecified atom stereocenters. The summed E-state index contributed by atoms with van der Waals surface area (Å²) in [5.74, 6) is -0.915. The molecular formula is C28H23N2NaO2S2. The topological polar surface area (TPSA) is 53.4 Å². The first-order valence-electron chi connectivity index (χ1n) is 10.9. The molecule has 0 amide bonds. The quantitative estimate of drug-likeness (QED) is 0.235. The first-order chi connectivity index (χ1) is 16.7. The summed E-state index contributed by atoms with van der Waals surface area (Å²) >= 11 is 3.41. The Balaban J connectivity index is 0.00000289. The van der Waals surface area contributed by atoms with Crippen LogP contribution in [0.1, 0.15) is 20.8 Å². The van der Waals surface area contributed by atoms with Crippen LogP contribution in [0.3, 0.4) is 0 Å². The number of carbonyl (C=O) groups is 1. The third-order valence-corrected chi connectivity index (χ3v) is 7.50. The van der Waals surface area contributed by atoms with E-state index in [4.69, 9.17) is 4.98 Å². The summed E-state index contributed by atoms with van der Waals surface area (Å²) in [4.78, 5) is 21.1. The van der Waals surface area contributed by atoms with Crippen LogP contribution in [0.15, 0.2) is 102 Å². The SMILES string of the molecule is O=C(O)c1ccc(CN(Cc2cccs2)c2nc(-c3ccccc3)c(-c3ccccc3)s2)cc1.[NaH]. The second-order valence-electron chi connectivity index (χ2n) is 7.84. The van der Waals surface area contributed by atoms with Gasteiger partial charge in [0.2, 0.25) is 0 Å². The molecule has 5 aromatic rings. The molecule has 0 aliphatic rings. The number of benzene rings is 3. The second-order valence-corrected chi connectivity index (χ2v) is 9.85. The normalized spacial score (nSPS) is 10.5. The number of hydrogen-bond acceptors (Lipinski definition) is 5. The minimum absolute atomic E-state index is 0. The van der Waals surface area contributed by atoms with Gasteiger partial charge in [0.05, 0.1) is 22.7 Å². The third-order valence-electron chi connectivity index (χ3n) is 5.47. The van der Waals surface area contributed by atoms with Gasteiger partial charge in [-0.15, -0.1) is 11.3 Å². The summed E-state index contributed by atoms with van der Waals surface area (Å²) in [6.45, 7) is 1.36. The summed E-state index contributed by atoms with van der Waals surface area (Å²) in [5, 5.41) is 12.3. The Bertz CT molecular complexity index is 1310. The van der Waals surface area contributed by atoms with Crippen molar-refractivity contribution in [3.05, 3.63) is 118 Å². The molecule has 4 nitrogen and oxygen atoms in total. The van der Waals surface area contributed by atoms with Gasteiger partial charge in [-0.25, -0.2) is 9.78 Å². The molecule has 0 spiro atoms. The Morgan fingerprint density at radius 1 is 0.800 bits per heavy atom. The van der Waals surface area contributed by atoms with Crippen molar-refractivity contribution in [1.29, 1.82) is 0 Å². The van der Waals surface area contributed by atoms with Crippen molar-refractivity contribution in [1.82, 2.24) is 4.98 Å². The molecule has 0 aliphatic heterocycles. The molecule has 0 aliphatic carbocycles. The Morgan fingerprint density at radius 3 is 2.06 bits per heavy atom. The molecule has 0 saturated carbocycles. The molecule has 0 atom stereocenters. The van der Waals surface area contributed by atoms with Gasteiger partial charge in [0.15, 0.2) is 5.13 Å². The zero-order valence-corrected chi connectivity index (χ0v) is 19.9. The van der Waals surface area contributed by atoms with Crippen molar-refractivity contribution >= 4 is 63.3 Å². The van der Waals surface area contributed by atoms with Crippen LogP contribution in [-0.2, 0) is 13.1 Å². The minimum atomic E-state index is -0.915. The van der Waals surface area contributed by atoms with Crippen molar-refractivity contribution in [3.8, 4) is 21.7 Å². The van der Waals surface area contributed by atoms with Gasteiger partial charge in [-0.05, 0) is 34.7 Å². The van der Waals surface area contributed by atoms with E-state index in [9.17, 15) is 9.90 Å². The molecule has 2 heterocycles. The first kappa shape index (κ1) is 25.4. The van der Waals surface area contributed by atoms with E-state index in [1.807, 2.05) is 36.4 Å². The van der Waals surface area contributed by atoms with E-state index in [-0.39, 0.29) is 29.6 Å². The van der Waals surface area contributed by atoms with Gasteiger partial charge in [0.1, 0.15) is 0 Å². The molecule has 0 bridgehead atoms. The van der Waals surface area contributed by atoms with Crippen LogP contribution in [0.4, 0.5) is 5.13 Å². The summed E-state index contributed by atoms with van der Waals surface area (Å²) in [5.41, 5.74) is 4.54. The summed E-state index contributed by atoms with van der Waals surface area (Å²) in [6.07, 6.45) is 0. The number of nitrogens with zero attached hydrogens (tertiary/aromatic N) is 2. The molecule has 35 heavy (non-hydrogen) atoms. The summed E-state index contributed by atoms with van der Waals surface area (Å²) < 4.78 is 0. The fraction of sp³-hybridized carbons (Fsp3) is 0.0714. The van der Waals surface area contributed by atoms with Crippen LogP contribution in [-0.4, -0.2) is 45.6 Å². The van der Waals surface area contributed by atoms with Crippen molar-refractivity contribution < 1.29 is 9.90 Å². The molecule has 0 fully saturated rings.